The summed E-state index contributed by atoms with van der Waals surface area (Å²) >= 11 is 7.18. The van der Waals surface area contributed by atoms with Crippen LogP contribution in [0.25, 0.3) is 16.3 Å². The molecule has 0 amide bonds. The van der Waals surface area contributed by atoms with E-state index in [4.69, 9.17) is 16.3 Å². The number of ether oxygens (including phenoxy) is 1. The summed E-state index contributed by atoms with van der Waals surface area (Å²) in [6.45, 7) is 1.83. The molecule has 0 aliphatic heterocycles. The molecule has 0 aliphatic carbocycles. The molecule has 0 spiro atoms. The quantitative estimate of drug-likeness (QED) is 0.680. The van der Waals surface area contributed by atoms with Crippen LogP contribution in [-0.2, 0) is 4.74 Å². The van der Waals surface area contributed by atoms with Crippen molar-refractivity contribution in [2.24, 2.45) is 0 Å². The van der Waals surface area contributed by atoms with E-state index in [9.17, 15) is 9.59 Å². The average molecular weight is 337 g/mol. The highest BCUT2D eigenvalue weighted by Gasteiger charge is 2.19. The van der Waals surface area contributed by atoms with E-state index in [1.165, 1.54) is 28.3 Å². The molecule has 0 N–H and O–H groups in total. The molecule has 0 radical (unpaired) electrons. The fraction of sp³-hybridized carbons (Fsp3) is 0.154. The van der Waals surface area contributed by atoms with E-state index in [-0.39, 0.29) is 28.5 Å². The standard InChI is InChI=1S/C13H9ClN4O3S/c1-2-21-12(20)7-6-18(13-15-3-4-22-13)11-9(10(7)19)16-5-8(14)17-11/h3-6H,2H2,1H3. The van der Waals surface area contributed by atoms with Gasteiger partial charge < -0.3 is 4.74 Å². The van der Waals surface area contributed by atoms with Gasteiger partial charge in [-0.15, -0.1) is 11.3 Å². The van der Waals surface area contributed by atoms with Gasteiger partial charge in [-0.05, 0) is 6.92 Å². The Hall–Kier alpha value is -2.32. The van der Waals surface area contributed by atoms with Gasteiger partial charge in [0.05, 0.1) is 12.8 Å². The lowest BCUT2D eigenvalue weighted by molar-refractivity contribution is 0.0524. The van der Waals surface area contributed by atoms with E-state index < -0.39 is 11.4 Å². The third-order valence-electron chi connectivity index (χ3n) is 2.79. The van der Waals surface area contributed by atoms with Crippen LogP contribution in [0, 0.1) is 0 Å². The largest absolute Gasteiger partial charge is 0.462 e. The number of carbonyl (C=O) groups excluding carboxylic acids is 1. The number of carbonyl (C=O) groups is 1. The molecular formula is C13H9ClN4O3S. The summed E-state index contributed by atoms with van der Waals surface area (Å²) in [5, 5.41) is 2.44. The van der Waals surface area contributed by atoms with Crippen LogP contribution in [0.2, 0.25) is 5.15 Å². The highest BCUT2D eigenvalue weighted by Crippen LogP contribution is 2.18. The van der Waals surface area contributed by atoms with Crippen molar-refractivity contribution >= 4 is 40.1 Å². The second-order valence-corrected chi connectivity index (χ2v) is 5.40. The first-order valence-electron chi connectivity index (χ1n) is 6.26. The number of pyridine rings is 1. The number of nitrogens with zero attached hydrogens (tertiary/aromatic N) is 4. The van der Waals surface area contributed by atoms with E-state index in [2.05, 4.69) is 15.0 Å². The van der Waals surface area contributed by atoms with Gasteiger partial charge in [0.1, 0.15) is 10.7 Å². The molecule has 0 bridgehead atoms. The highest BCUT2D eigenvalue weighted by atomic mass is 35.5. The zero-order valence-electron chi connectivity index (χ0n) is 11.3. The number of halogens is 1. The van der Waals surface area contributed by atoms with Gasteiger partial charge in [-0.3, -0.25) is 9.36 Å². The maximum absolute atomic E-state index is 12.4. The first kappa shape index (κ1) is 14.6. The molecule has 0 saturated carbocycles. The topological polar surface area (TPSA) is 87.0 Å². The van der Waals surface area contributed by atoms with Gasteiger partial charge in [0, 0.05) is 17.8 Å². The first-order chi connectivity index (χ1) is 10.6. The number of rotatable bonds is 3. The third-order valence-corrected chi connectivity index (χ3v) is 3.74. The van der Waals surface area contributed by atoms with Gasteiger partial charge in [-0.2, -0.15) is 0 Å². The number of thiazole rings is 1. The van der Waals surface area contributed by atoms with Crippen LogP contribution in [0.1, 0.15) is 17.3 Å². The van der Waals surface area contributed by atoms with E-state index in [1.54, 1.807) is 18.5 Å². The predicted molar refractivity (Wildman–Crippen MR) is 81.8 cm³/mol. The Kier molecular flexibility index (Phi) is 3.86. The van der Waals surface area contributed by atoms with Crippen LogP contribution < -0.4 is 5.43 Å². The van der Waals surface area contributed by atoms with Crippen LogP contribution >= 0.6 is 22.9 Å². The molecule has 3 aromatic heterocycles. The first-order valence-corrected chi connectivity index (χ1v) is 7.52. The molecule has 0 fully saturated rings. The van der Waals surface area contributed by atoms with Gasteiger partial charge in [-0.25, -0.2) is 19.7 Å². The zero-order chi connectivity index (χ0) is 15.7. The summed E-state index contributed by atoms with van der Waals surface area (Å²) in [5.41, 5.74) is -0.405. The van der Waals surface area contributed by atoms with Crippen molar-refractivity contribution < 1.29 is 9.53 Å². The van der Waals surface area contributed by atoms with Crippen molar-refractivity contribution in [3.8, 4) is 5.13 Å². The lowest BCUT2D eigenvalue weighted by Crippen LogP contribution is -2.21. The number of aromatic nitrogens is 4. The van der Waals surface area contributed by atoms with Crippen molar-refractivity contribution in [1.29, 1.82) is 0 Å². The second kappa shape index (κ2) is 5.82. The molecule has 3 rings (SSSR count). The average Bonchev–Trinajstić information content (AvgIpc) is 3.01. The highest BCUT2D eigenvalue weighted by molar-refractivity contribution is 7.12. The monoisotopic (exact) mass is 336 g/mol. The van der Waals surface area contributed by atoms with Crippen LogP contribution in [-0.4, -0.2) is 32.1 Å². The van der Waals surface area contributed by atoms with Gasteiger partial charge in [-0.1, -0.05) is 11.6 Å². The summed E-state index contributed by atoms with van der Waals surface area (Å²) in [7, 11) is 0. The van der Waals surface area contributed by atoms with E-state index in [0.29, 0.717) is 5.13 Å². The smallest absolute Gasteiger partial charge is 0.343 e. The Morgan fingerprint density at radius 2 is 2.27 bits per heavy atom. The molecule has 7 nitrogen and oxygen atoms in total. The number of esters is 1. The fourth-order valence-corrected chi connectivity index (χ4v) is 2.64. The molecular weight excluding hydrogens is 328 g/mol. The molecule has 9 heteroatoms. The third kappa shape index (κ3) is 2.46. The molecule has 0 aliphatic rings. The molecule has 112 valence electrons. The lowest BCUT2D eigenvalue weighted by atomic mass is 10.2. The van der Waals surface area contributed by atoms with Crippen molar-refractivity contribution in [2.75, 3.05) is 6.61 Å². The van der Waals surface area contributed by atoms with Gasteiger partial charge in [0.15, 0.2) is 16.3 Å². The summed E-state index contributed by atoms with van der Waals surface area (Å²) in [6.07, 6.45) is 4.21. The lowest BCUT2D eigenvalue weighted by Gasteiger charge is -2.09. The minimum absolute atomic E-state index is 0.0325. The summed E-state index contributed by atoms with van der Waals surface area (Å²) < 4.78 is 6.42. The number of fused-ring (bicyclic) bond motifs is 1. The van der Waals surface area contributed by atoms with Crippen molar-refractivity contribution in [2.45, 2.75) is 6.92 Å². The van der Waals surface area contributed by atoms with Crippen LogP contribution in [0.15, 0.2) is 28.8 Å². The SMILES string of the molecule is CCOC(=O)c1cn(-c2nccs2)c2nc(Cl)cnc2c1=O. The van der Waals surface area contributed by atoms with Crippen molar-refractivity contribution in [3.63, 3.8) is 0 Å². The maximum Gasteiger partial charge on any atom is 0.343 e. The summed E-state index contributed by atoms with van der Waals surface area (Å²) in [4.78, 5) is 36.6. The van der Waals surface area contributed by atoms with Crippen LogP contribution in [0.3, 0.4) is 0 Å². The maximum atomic E-state index is 12.4. The fourth-order valence-electron chi connectivity index (χ4n) is 1.90. The van der Waals surface area contributed by atoms with Crippen molar-refractivity contribution in [3.05, 3.63) is 44.9 Å². The van der Waals surface area contributed by atoms with E-state index >= 15 is 0 Å². The van der Waals surface area contributed by atoms with Crippen molar-refractivity contribution in [1.82, 2.24) is 19.5 Å². The van der Waals surface area contributed by atoms with E-state index in [0.717, 1.165) is 0 Å². The van der Waals surface area contributed by atoms with Gasteiger partial charge >= 0.3 is 5.97 Å². The normalized spacial score (nSPS) is 10.8. The Labute approximate surface area is 133 Å². The van der Waals surface area contributed by atoms with Crippen LogP contribution in [0.5, 0.6) is 0 Å². The van der Waals surface area contributed by atoms with Crippen LogP contribution in [0.4, 0.5) is 0 Å². The number of hydrogen-bond acceptors (Lipinski definition) is 7. The number of hydrogen-bond donors (Lipinski definition) is 0. The molecule has 3 heterocycles. The molecule has 0 unspecified atom stereocenters. The minimum atomic E-state index is -0.712. The Morgan fingerprint density at radius 3 is 2.95 bits per heavy atom. The Morgan fingerprint density at radius 1 is 1.45 bits per heavy atom. The summed E-state index contributed by atoms with van der Waals surface area (Å²) in [6, 6.07) is 0. The molecule has 0 saturated heterocycles. The Bertz CT molecular complexity index is 908. The van der Waals surface area contributed by atoms with E-state index in [1.807, 2.05) is 0 Å². The molecule has 3 aromatic rings. The predicted octanol–water partition coefficient (Wildman–Crippen LogP) is 2.07. The van der Waals surface area contributed by atoms with Gasteiger partial charge in [0.2, 0.25) is 5.43 Å². The molecule has 0 atom stereocenters. The molecule has 22 heavy (non-hydrogen) atoms. The Balaban J connectivity index is 2.36. The second-order valence-electron chi connectivity index (χ2n) is 4.14. The van der Waals surface area contributed by atoms with Gasteiger partial charge in [0.25, 0.3) is 0 Å². The summed E-state index contributed by atoms with van der Waals surface area (Å²) in [5.74, 6) is -0.712. The minimum Gasteiger partial charge on any atom is -0.462 e. The molecule has 0 aromatic carbocycles. The zero-order valence-corrected chi connectivity index (χ0v) is 12.9.